The lowest BCUT2D eigenvalue weighted by Gasteiger charge is -2.18. The molecule has 1 atom stereocenters. The Morgan fingerprint density at radius 3 is 2.46 bits per heavy atom. The average Bonchev–Trinajstić information content (AvgIpc) is 2.74. The summed E-state index contributed by atoms with van der Waals surface area (Å²) in [7, 11) is 0. The summed E-state index contributed by atoms with van der Waals surface area (Å²) in [6.45, 7) is 1.96. The van der Waals surface area contributed by atoms with Crippen LogP contribution in [0.5, 0.6) is 0 Å². The summed E-state index contributed by atoms with van der Waals surface area (Å²) in [6, 6.07) is 23.7. The van der Waals surface area contributed by atoms with E-state index in [0.717, 1.165) is 16.0 Å². The van der Waals surface area contributed by atoms with Crippen LogP contribution in [0.15, 0.2) is 77.7 Å². The second-order valence-corrected chi connectivity index (χ2v) is 7.75. The summed E-state index contributed by atoms with van der Waals surface area (Å²) in [5, 5.41) is 5.85. The number of nitrogens with one attached hydrogen (secondary N) is 2. The van der Waals surface area contributed by atoms with Gasteiger partial charge in [-0.05, 0) is 41.8 Å². The quantitative estimate of drug-likeness (QED) is 0.669. The maximum Gasteiger partial charge on any atom is 0.251 e. The third-order valence-corrected chi connectivity index (χ3v) is 5.81. The molecule has 3 aromatic rings. The molecule has 1 unspecified atom stereocenters. The molecule has 0 fully saturated rings. The fourth-order valence-corrected chi connectivity index (χ4v) is 3.97. The Balaban J connectivity index is 1.46. The van der Waals surface area contributed by atoms with Crippen LogP contribution in [0.1, 0.15) is 28.9 Å². The van der Waals surface area contributed by atoms with Crippen LogP contribution in [0.3, 0.4) is 0 Å². The monoisotopic (exact) mass is 388 g/mol. The molecule has 4 nitrogen and oxygen atoms in total. The van der Waals surface area contributed by atoms with Crippen LogP contribution >= 0.6 is 11.8 Å². The van der Waals surface area contributed by atoms with Gasteiger partial charge in [0, 0.05) is 10.5 Å². The number of hydrogen-bond donors (Lipinski definition) is 2. The zero-order valence-electron chi connectivity index (χ0n) is 15.4. The molecule has 2 amide bonds. The summed E-state index contributed by atoms with van der Waals surface area (Å²) < 4.78 is 0. The van der Waals surface area contributed by atoms with E-state index in [4.69, 9.17) is 0 Å². The van der Waals surface area contributed by atoms with Crippen molar-refractivity contribution in [2.24, 2.45) is 0 Å². The van der Waals surface area contributed by atoms with E-state index in [0.29, 0.717) is 17.0 Å². The van der Waals surface area contributed by atoms with Crippen molar-refractivity contribution in [3.8, 4) is 11.1 Å². The van der Waals surface area contributed by atoms with Gasteiger partial charge < -0.3 is 10.6 Å². The smallest absolute Gasteiger partial charge is 0.251 e. The fourth-order valence-electron chi connectivity index (χ4n) is 3.18. The number of carbonyl (C=O) groups excluding carboxylic acids is 2. The number of hydrogen-bond acceptors (Lipinski definition) is 3. The van der Waals surface area contributed by atoms with Crippen molar-refractivity contribution >= 4 is 29.3 Å². The summed E-state index contributed by atoms with van der Waals surface area (Å²) in [5.74, 6) is 0.211. The Kier molecular flexibility index (Phi) is 5.17. The minimum atomic E-state index is -0.160. The molecule has 28 heavy (non-hydrogen) atoms. The van der Waals surface area contributed by atoms with E-state index >= 15 is 0 Å². The molecule has 0 aromatic heterocycles. The van der Waals surface area contributed by atoms with Gasteiger partial charge in [0.2, 0.25) is 5.91 Å². The normalized spacial score (nSPS) is 14.0. The van der Waals surface area contributed by atoms with E-state index in [-0.39, 0.29) is 17.9 Å². The van der Waals surface area contributed by atoms with Gasteiger partial charge in [-0.3, -0.25) is 9.59 Å². The molecule has 1 aliphatic rings. The van der Waals surface area contributed by atoms with Crippen LogP contribution in [0.4, 0.5) is 5.69 Å². The van der Waals surface area contributed by atoms with Gasteiger partial charge in [-0.25, -0.2) is 0 Å². The van der Waals surface area contributed by atoms with E-state index in [9.17, 15) is 9.59 Å². The molecule has 4 rings (SSSR count). The number of thioether (sulfide) groups is 1. The summed E-state index contributed by atoms with van der Waals surface area (Å²) in [6.07, 6.45) is 0. The lowest BCUT2D eigenvalue weighted by molar-refractivity contribution is -0.113. The van der Waals surface area contributed by atoms with Crippen molar-refractivity contribution in [1.82, 2.24) is 5.32 Å². The Labute approximate surface area is 168 Å². The van der Waals surface area contributed by atoms with Crippen LogP contribution in [0.2, 0.25) is 0 Å². The van der Waals surface area contributed by atoms with E-state index in [1.165, 1.54) is 17.3 Å². The SMILES string of the molecule is CC(NC(=O)c1ccc2c(c1)NC(=O)CS2)c1ccc(-c2ccccc2)cc1. The Morgan fingerprint density at radius 1 is 1.00 bits per heavy atom. The van der Waals surface area contributed by atoms with Gasteiger partial charge in [0.1, 0.15) is 0 Å². The number of anilines is 1. The summed E-state index contributed by atoms with van der Waals surface area (Å²) in [4.78, 5) is 25.2. The summed E-state index contributed by atoms with van der Waals surface area (Å²) >= 11 is 1.48. The molecule has 0 aliphatic carbocycles. The number of carbonyl (C=O) groups is 2. The fraction of sp³-hybridized carbons (Fsp3) is 0.130. The molecule has 3 aromatic carbocycles. The second kappa shape index (κ2) is 7.90. The molecule has 1 aliphatic heterocycles. The number of rotatable bonds is 4. The lowest BCUT2D eigenvalue weighted by Crippen LogP contribution is -2.27. The molecule has 2 N–H and O–H groups in total. The molecule has 0 saturated heterocycles. The van der Waals surface area contributed by atoms with E-state index < -0.39 is 0 Å². The van der Waals surface area contributed by atoms with E-state index in [2.05, 4.69) is 34.9 Å². The zero-order valence-corrected chi connectivity index (χ0v) is 16.3. The van der Waals surface area contributed by atoms with Crippen LogP contribution < -0.4 is 10.6 Å². The van der Waals surface area contributed by atoms with E-state index in [1.807, 2.05) is 43.3 Å². The van der Waals surface area contributed by atoms with Gasteiger partial charge in [-0.2, -0.15) is 0 Å². The summed E-state index contributed by atoms with van der Waals surface area (Å²) in [5.41, 5.74) is 4.59. The molecule has 0 radical (unpaired) electrons. The Bertz CT molecular complexity index is 1020. The predicted octanol–water partition coefficient (Wildman–Crippen LogP) is 4.89. The molecule has 1 heterocycles. The highest BCUT2D eigenvalue weighted by atomic mass is 32.2. The number of fused-ring (bicyclic) bond motifs is 1. The van der Waals surface area contributed by atoms with Crippen molar-refractivity contribution < 1.29 is 9.59 Å². The standard InChI is InChI=1S/C23H20N2O2S/c1-15(16-7-9-18(10-8-16)17-5-3-2-4-6-17)24-23(27)19-11-12-21-20(13-19)25-22(26)14-28-21/h2-13,15H,14H2,1H3,(H,24,27)(H,25,26). The molecular formula is C23H20N2O2S. The minimum absolute atomic E-state index is 0.0399. The van der Waals surface area contributed by atoms with Gasteiger partial charge in [0.25, 0.3) is 5.91 Å². The molecule has 0 spiro atoms. The Morgan fingerprint density at radius 2 is 1.71 bits per heavy atom. The average molecular weight is 388 g/mol. The van der Waals surface area contributed by atoms with Crippen molar-refractivity contribution in [2.45, 2.75) is 17.9 Å². The van der Waals surface area contributed by atoms with Gasteiger partial charge in [-0.15, -0.1) is 11.8 Å². The Hall–Kier alpha value is -3.05. The van der Waals surface area contributed by atoms with Crippen molar-refractivity contribution in [3.63, 3.8) is 0 Å². The van der Waals surface area contributed by atoms with Gasteiger partial charge >= 0.3 is 0 Å². The van der Waals surface area contributed by atoms with Crippen LogP contribution in [-0.4, -0.2) is 17.6 Å². The first kappa shape index (κ1) is 18.3. The van der Waals surface area contributed by atoms with Crippen LogP contribution in [-0.2, 0) is 4.79 Å². The molecule has 140 valence electrons. The maximum atomic E-state index is 12.7. The lowest BCUT2D eigenvalue weighted by atomic mass is 10.0. The highest BCUT2D eigenvalue weighted by Gasteiger charge is 2.18. The minimum Gasteiger partial charge on any atom is -0.346 e. The first-order valence-electron chi connectivity index (χ1n) is 9.13. The third kappa shape index (κ3) is 3.94. The van der Waals surface area contributed by atoms with Crippen LogP contribution in [0, 0.1) is 0 Å². The molecule has 5 heteroatoms. The topological polar surface area (TPSA) is 58.2 Å². The molecular weight excluding hydrogens is 368 g/mol. The van der Waals surface area contributed by atoms with Gasteiger partial charge in [0.05, 0.1) is 17.5 Å². The third-order valence-electron chi connectivity index (χ3n) is 4.74. The number of amides is 2. The highest BCUT2D eigenvalue weighted by molar-refractivity contribution is 8.00. The highest BCUT2D eigenvalue weighted by Crippen LogP contribution is 2.32. The first-order valence-corrected chi connectivity index (χ1v) is 10.1. The maximum absolute atomic E-state index is 12.7. The number of benzene rings is 3. The van der Waals surface area contributed by atoms with Crippen molar-refractivity contribution in [1.29, 1.82) is 0 Å². The zero-order chi connectivity index (χ0) is 19.5. The molecule has 0 saturated carbocycles. The van der Waals surface area contributed by atoms with Crippen molar-refractivity contribution in [3.05, 3.63) is 83.9 Å². The van der Waals surface area contributed by atoms with E-state index in [1.54, 1.807) is 12.1 Å². The van der Waals surface area contributed by atoms with Gasteiger partial charge in [-0.1, -0.05) is 54.6 Å². The largest absolute Gasteiger partial charge is 0.346 e. The second-order valence-electron chi connectivity index (χ2n) is 6.73. The van der Waals surface area contributed by atoms with Crippen molar-refractivity contribution in [2.75, 3.05) is 11.1 Å². The van der Waals surface area contributed by atoms with Crippen LogP contribution in [0.25, 0.3) is 11.1 Å². The molecule has 0 bridgehead atoms. The first-order chi connectivity index (χ1) is 13.6. The predicted molar refractivity (Wildman–Crippen MR) is 114 cm³/mol. The van der Waals surface area contributed by atoms with Gasteiger partial charge in [0.15, 0.2) is 0 Å².